The fourth-order valence-electron chi connectivity index (χ4n) is 2.44. The monoisotopic (exact) mass is 282 g/mol. The number of rotatable bonds is 1. The molecule has 0 spiro atoms. The normalized spacial score (nSPS) is 16.3. The molecule has 0 unspecified atom stereocenters. The number of ether oxygens (including phenoxy) is 1. The van der Waals surface area contributed by atoms with E-state index in [1.807, 2.05) is 0 Å². The van der Waals surface area contributed by atoms with Gasteiger partial charge >= 0.3 is 5.97 Å². The van der Waals surface area contributed by atoms with Crippen molar-refractivity contribution in [1.29, 1.82) is 0 Å². The van der Waals surface area contributed by atoms with Crippen LogP contribution in [-0.2, 0) is 14.3 Å². The summed E-state index contributed by atoms with van der Waals surface area (Å²) in [7, 11) is 0. The molecule has 0 bridgehead atoms. The lowest BCUT2D eigenvalue weighted by Crippen LogP contribution is -2.23. The van der Waals surface area contributed by atoms with Crippen molar-refractivity contribution in [3.05, 3.63) is 58.7 Å². The van der Waals surface area contributed by atoms with Crippen LogP contribution in [0.3, 0.4) is 0 Å². The van der Waals surface area contributed by atoms with E-state index in [-0.39, 0.29) is 33.8 Å². The third-order valence-electron chi connectivity index (χ3n) is 3.26. The second-order valence-corrected chi connectivity index (χ2v) is 4.63. The van der Waals surface area contributed by atoms with E-state index in [4.69, 9.17) is 4.74 Å². The molecule has 3 rings (SSSR count). The van der Waals surface area contributed by atoms with Crippen LogP contribution in [0.5, 0.6) is 5.75 Å². The van der Waals surface area contributed by atoms with Gasteiger partial charge in [0.15, 0.2) is 17.3 Å². The van der Waals surface area contributed by atoms with Crippen molar-refractivity contribution < 1.29 is 24.2 Å². The van der Waals surface area contributed by atoms with E-state index in [1.54, 1.807) is 0 Å². The highest BCUT2D eigenvalue weighted by Crippen LogP contribution is 2.40. The van der Waals surface area contributed by atoms with Gasteiger partial charge in [0.05, 0.1) is 11.1 Å². The van der Waals surface area contributed by atoms with Crippen molar-refractivity contribution in [3.8, 4) is 5.75 Å². The standard InChI is InChI=1S/C16H10O5/c1-8(17)21-16-10-5-3-6-11(18)13(10)15(20)9-4-2-7-12(19)14(9)16/h2-7,18H,1H3. The Morgan fingerprint density at radius 1 is 1.24 bits per heavy atom. The number of phenolic OH excluding ortho intramolecular Hbond substituents is 1. The Labute approximate surface area is 119 Å². The maximum Gasteiger partial charge on any atom is 0.308 e. The summed E-state index contributed by atoms with van der Waals surface area (Å²) < 4.78 is 5.14. The van der Waals surface area contributed by atoms with Crippen molar-refractivity contribution in [3.63, 3.8) is 0 Å². The van der Waals surface area contributed by atoms with E-state index in [9.17, 15) is 19.5 Å². The molecule has 0 amide bonds. The largest absolute Gasteiger partial charge is 0.507 e. The second kappa shape index (κ2) is 4.56. The molecule has 21 heavy (non-hydrogen) atoms. The molecule has 0 aromatic heterocycles. The molecule has 0 saturated heterocycles. The quantitative estimate of drug-likeness (QED) is 0.796. The number of Topliss-reactive ketones (excluding diaryl/α,β-unsaturated/α-hetero) is 1. The summed E-state index contributed by atoms with van der Waals surface area (Å²) in [6.07, 6.45) is 4.22. The summed E-state index contributed by atoms with van der Waals surface area (Å²) in [4.78, 5) is 35.8. The molecule has 0 fully saturated rings. The van der Waals surface area contributed by atoms with Gasteiger partial charge in [-0.15, -0.1) is 0 Å². The predicted molar refractivity (Wildman–Crippen MR) is 73.4 cm³/mol. The minimum absolute atomic E-state index is 0.00796. The molecule has 5 heteroatoms. The summed E-state index contributed by atoms with van der Waals surface area (Å²) in [6, 6.07) is 4.41. The zero-order chi connectivity index (χ0) is 15.1. The lowest BCUT2D eigenvalue weighted by molar-refractivity contribution is -0.134. The van der Waals surface area contributed by atoms with Crippen LogP contribution in [0, 0.1) is 0 Å². The Bertz CT molecular complexity index is 793. The van der Waals surface area contributed by atoms with E-state index in [0.29, 0.717) is 0 Å². The van der Waals surface area contributed by atoms with Gasteiger partial charge in [-0.3, -0.25) is 14.4 Å². The first-order chi connectivity index (χ1) is 10.0. The van der Waals surface area contributed by atoms with Crippen molar-refractivity contribution in [2.75, 3.05) is 0 Å². The van der Waals surface area contributed by atoms with Crippen LogP contribution in [-0.4, -0.2) is 22.6 Å². The highest BCUT2D eigenvalue weighted by molar-refractivity contribution is 6.29. The summed E-state index contributed by atoms with van der Waals surface area (Å²) in [5.41, 5.74) is 0.446. The molecule has 0 atom stereocenters. The molecule has 0 radical (unpaired) electrons. The van der Waals surface area contributed by atoms with E-state index in [2.05, 4.69) is 0 Å². The van der Waals surface area contributed by atoms with Crippen molar-refractivity contribution in [2.24, 2.45) is 0 Å². The Kier molecular flexibility index (Phi) is 2.83. The van der Waals surface area contributed by atoms with Gasteiger partial charge in [0, 0.05) is 18.1 Å². The number of carbonyl (C=O) groups is 3. The van der Waals surface area contributed by atoms with Gasteiger partial charge in [0.25, 0.3) is 0 Å². The zero-order valence-corrected chi connectivity index (χ0v) is 11.0. The van der Waals surface area contributed by atoms with Crippen LogP contribution in [0.1, 0.15) is 22.8 Å². The average Bonchev–Trinajstić information content (AvgIpc) is 2.43. The number of aromatic hydroxyl groups is 1. The van der Waals surface area contributed by atoms with Crippen molar-refractivity contribution >= 4 is 23.3 Å². The third-order valence-corrected chi connectivity index (χ3v) is 3.26. The number of carbonyl (C=O) groups excluding carboxylic acids is 3. The fraction of sp³-hybridized carbons (Fsp3) is 0.0625. The van der Waals surface area contributed by atoms with Crippen LogP contribution in [0.15, 0.2) is 47.6 Å². The SMILES string of the molecule is CC(=O)OC1=C2C(=O)C=CC=C2C(=O)c2c(O)cccc21. The first kappa shape index (κ1) is 13.1. The highest BCUT2D eigenvalue weighted by atomic mass is 16.5. The Hall–Kier alpha value is -2.95. The van der Waals surface area contributed by atoms with Crippen LogP contribution in [0.2, 0.25) is 0 Å². The lowest BCUT2D eigenvalue weighted by Gasteiger charge is -2.24. The minimum atomic E-state index is -0.608. The van der Waals surface area contributed by atoms with Crippen LogP contribution < -0.4 is 0 Å². The Morgan fingerprint density at radius 3 is 2.71 bits per heavy atom. The van der Waals surface area contributed by atoms with Gasteiger partial charge in [-0.05, 0) is 12.1 Å². The predicted octanol–water partition coefficient (Wildman–Crippen LogP) is 1.93. The Balaban J connectivity index is 2.37. The number of benzene rings is 1. The number of hydrogen-bond acceptors (Lipinski definition) is 5. The second-order valence-electron chi connectivity index (χ2n) is 4.63. The fourth-order valence-corrected chi connectivity index (χ4v) is 2.44. The van der Waals surface area contributed by atoms with Gasteiger partial charge in [-0.25, -0.2) is 0 Å². The van der Waals surface area contributed by atoms with Gasteiger partial charge in [0.2, 0.25) is 0 Å². The van der Waals surface area contributed by atoms with Gasteiger partial charge in [-0.1, -0.05) is 24.3 Å². The minimum Gasteiger partial charge on any atom is -0.507 e. The van der Waals surface area contributed by atoms with Crippen LogP contribution in [0.25, 0.3) is 5.76 Å². The van der Waals surface area contributed by atoms with Gasteiger partial charge in [-0.2, -0.15) is 0 Å². The molecule has 0 aliphatic heterocycles. The molecule has 2 aliphatic rings. The van der Waals surface area contributed by atoms with E-state index >= 15 is 0 Å². The maximum absolute atomic E-state index is 12.5. The number of ketones is 2. The molecular formula is C16H10O5. The van der Waals surface area contributed by atoms with Crippen molar-refractivity contribution in [1.82, 2.24) is 0 Å². The number of hydrogen-bond donors (Lipinski definition) is 1. The zero-order valence-electron chi connectivity index (χ0n) is 11.0. The smallest absolute Gasteiger partial charge is 0.308 e. The number of allylic oxidation sites excluding steroid dienone is 5. The van der Waals surface area contributed by atoms with Gasteiger partial charge < -0.3 is 9.84 Å². The van der Waals surface area contributed by atoms with E-state index < -0.39 is 17.5 Å². The van der Waals surface area contributed by atoms with E-state index in [1.165, 1.54) is 43.4 Å². The first-order valence-corrected chi connectivity index (χ1v) is 6.23. The topological polar surface area (TPSA) is 80.7 Å². The highest BCUT2D eigenvalue weighted by Gasteiger charge is 2.36. The molecular weight excluding hydrogens is 272 g/mol. The molecule has 1 N–H and O–H groups in total. The molecule has 0 saturated carbocycles. The average molecular weight is 282 g/mol. The summed E-state index contributed by atoms with van der Waals surface area (Å²) in [5.74, 6) is -1.70. The lowest BCUT2D eigenvalue weighted by atomic mass is 9.81. The number of phenols is 1. The van der Waals surface area contributed by atoms with E-state index in [0.717, 1.165) is 0 Å². The molecule has 5 nitrogen and oxygen atoms in total. The van der Waals surface area contributed by atoms with Crippen molar-refractivity contribution in [2.45, 2.75) is 6.92 Å². The molecule has 1 aromatic carbocycles. The summed E-state index contributed by atoms with van der Waals surface area (Å²) >= 11 is 0. The molecule has 1 aromatic rings. The van der Waals surface area contributed by atoms with Crippen LogP contribution in [0.4, 0.5) is 0 Å². The third kappa shape index (κ3) is 1.90. The Morgan fingerprint density at radius 2 is 2.00 bits per heavy atom. The summed E-state index contributed by atoms with van der Waals surface area (Å²) in [6.45, 7) is 1.21. The number of fused-ring (bicyclic) bond motifs is 2. The first-order valence-electron chi connectivity index (χ1n) is 6.23. The molecule has 0 heterocycles. The van der Waals surface area contributed by atoms with Gasteiger partial charge in [0.1, 0.15) is 5.75 Å². The summed E-state index contributed by atoms with van der Waals surface area (Å²) in [5, 5.41) is 9.92. The maximum atomic E-state index is 12.5. The molecule has 2 aliphatic carbocycles. The molecule has 104 valence electrons. The van der Waals surface area contributed by atoms with Crippen LogP contribution >= 0.6 is 0 Å². The number of esters is 1.